The fourth-order valence-corrected chi connectivity index (χ4v) is 8.29. The number of rotatable bonds is 52. The van der Waals surface area contributed by atoms with Crippen molar-refractivity contribution in [2.45, 2.75) is 309 Å². The summed E-state index contributed by atoms with van der Waals surface area (Å²) in [5.74, 6) is -0.870. The van der Waals surface area contributed by atoms with Crippen LogP contribution in [-0.2, 0) is 28.6 Å². The first kappa shape index (κ1) is 62.6. The zero-order chi connectivity index (χ0) is 47.2. The van der Waals surface area contributed by atoms with Crippen molar-refractivity contribution in [1.82, 2.24) is 0 Å². The lowest BCUT2D eigenvalue weighted by atomic mass is 10.0. The fraction of sp³-hybridized carbons (Fsp3) is 0.847. The van der Waals surface area contributed by atoms with Gasteiger partial charge >= 0.3 is 17.9 Å². The van der Waals surface area contributed by atoms with Gasteiger partial charge in [-0.3, -0.25) is 14.4 Å². The van der Waals surface area contributed by atoms with Gasteiger partial charge < -0.3 is 14.2 Å². The Labute approximate surface area is 404 Å². The van der Waals surface area contributed by atoms with E-state index in [4.69, 9.17) is 14.2 Å². The number of carbonyl (C=O) groups is 3. The molecule has 0 bridgehead atoms. The molecule has 0 aromatic heterocycles. The second-order valence-electron chi connectivity index (χ2n) is 19.2. The molecule has 0 radical (unpaired) electrons. The summed E-state index contributed by atoms with van der Waals surface area (Å²) in [4.78, 5) is 38.1. The lowest BCUT2D eigenvalue weighted by molar-refractivity contribution is -0.167. The van der Waals surface area contributed by atoms with Gasteiger partial charge in [-0.05, 0) is 77.0 Å². The van der Waals surface area contributed by atoms with Crippen LogP contribution in [-0.4, -0.2) is 37.2 Å². The van der Waals surface area contributed by atoms with E-state index in [1.54, 1.807) is 0 Å². The topological polar surface area (TPSA) is 78.9 Å². The maximum absolute atomic E-state index is 12.8. The molecule has 0 saturated heterocycles. The summed E-state index contributed by atoms with van der Waals surface area (Å²) in [5, 5.41) is 0. The highest BCUT2D eigenvalue weighted by Gasteiger charge is 2.19. The Morgan fingerprint density at radius 2 is 0.554 bits per heavy atom. The molecule has 0 spiro atoms. The summed E-state index contributed by atoms with van der Waals surface area (Å²) in [5.41, 5.74) is 0. The molecule has 0 aromatic carbocycles. The van der Waals surface area contributed by atoms with Gasteiger partial charge in [-0.2, -0.15) is 0 Å². The number of hydrogen-bond donors (Lipinski definition) is 0. The highest BCUT2D eigenvalue weighted by molar-refractivity contribution is 5.71. The lowest BCUT2D eigenvalue weighted by Gasteiger charge is -2.18. The van der Waals surface area contributed by atoms with Gasteiger partial charge in [0.05, 0.1) is 0 Å². The Bertz CT molecular complexity index is 1090. The average molecular weight is 914 g/mol. The van der Waals surface area contributed by atoms with Gasteiger partial charge in [0.15, 0.2) is 6.10 Å². The second-order valence-corrected chi connectivity index (χ2v) is 19.2. The molecule has 0 aliphatic rings. The van der Waals surface area contributed by atoms with Gasteiger partial charge in [-0.1, -0.05) is 243 Å². The molecule has 0 aromatic rings. The van der Waals surface area contributed by atoms with E-state index in [1.165, 1.54) is 193 Å². The van der Waals surface area contributed by atoms with Crippen molar-refractivity contribution >= 4 is 17.9 Å². The number of ether oxygens (including phenoxy) is 3. The van der Waals surface area contributed by atoms with Crippen LogP contribution >= 0.6 is 0 Å². The standard InChI is InChI=1S/C59H108O6/c1-4-7-10-13-16-19-22-25-27-29-30-31-33-34-37-40-43-46-49-52-58(61)64-55-56(54-63-57(60)51-48-45-42-39-36-24-21-18-15-12-9-6-3)65-59(62)53-50-47-44-41-38-35-32-28-26-23-20-17-14-11-8-5-2/h16,18-19,21,25,27,56H,4-15,17,20,22-24,26,28-55H2,1-3H3/b19-16-,21-18-,27-25-/t56-/m1/s1. The largest absolute Gasteiger partial charge is 0.462 e. The Balaban J connectivity index is 4.32. The third kappa shape index (κ3) is 52.5. The van der Waals surface area contributed by atoms with Gasteiger partial charge in [0, 0.05) is 19.3 Å². The smallest absolute Gasteiger partial charge is 0.306 e. The summed E-state index contributed by atoms with van der Waals surface area (Å²) in [6, 6.07) is 0. The van der Waals surface area contributed by atoms with Crippen LogP contribution < -0.4 is 0 Å². The van der Waals surface area contributed by atoms with Crippen LogP contribution in [0.4, 0.5) is 0 Å². The van der Waals surface area contributed by atoms with E-state index in [0.29, 0.717) is 19.3 Å². The minimum Gasteiger partial charge on any atom is -0.462 e. The van der Waals surface area contributed by atoms with Crippen LogP contribution in [0.5, 0.6) is 0 Å². The van der Waals surface area contributed by atoms with Gasteiger partial charge in [0.2, 0.25) is 0 Å². The highest BCUT2D eigenvalue weighted by Crippen LogP contribution is 2.16. The summed E-state index contributed by atoms with van der Waals surface area (Å²) < 4.78 is 16.9. The van der Waals surface area contributed by atoms with Crippen molar-refractivity contribution in [2.24, 2.45) is 0 Å². The molecule has 0 heterocycles. The minimum atomic E-state index is -0.773. The molecule has 1 atom stereocenters. The van der Waals surface area contributed by atoms with Gasteiger partial charge in [-0.15, -0.1) is 0 Å². The molecule has 6 nitrogen and oxygen atoms in total. The molecule has 6 heteroatoms. The molecule has 0 aliphatic heterocycles. The number of allylic oxidation sites excluding steroid dienone is 6. The highest BCUT2D eigenvalue weighted by atomic mass is 16.6. The maximum Gasteiger partial charge on any atom is 0.306 e. The second kappa shape index (κ2) is 54.2. The molecule has 0 saturated carbocycles. The lowest BCUT2D eigenvalue weighted by Crippen LogP contribution is -2.30. The van der Waals surface area contributed by atoms with Crippen LogP contribution in [0.15, 0.2) is 36.5 Å². The first-order valence-corrected chi connectivity index (χ1v) is 28.5. The molecular formula is C59H108O6. The first-order chi connectivity index (χ1) is 32.0. The number of carbonyl (C=O) groups excluding carboxylic acids is 3. The Morgan fingerprint density at radius 1 is 0.308 bits per heavy atom. The first-order valence-electron chi connectivity index (χ1n) is 28.5. The number of esters is 3. The Morgan fingerprint density at radius 3 is 0.892 bits per heavy atom. The van der Waals surface area contributed by atoms with E-state index >= 15 is 0 Å². The SMILES string of the molecule is CCCCC/C=C\C/C=C\CCCCCCCCCCCC(=O)OC[C@@H](COC(=O)CCCCCCC/C=C\CCCCC)OC(=O)CCCCCCCCCCCCCCCCCC. The Hall–Kier alpha value is -2.37. The van der Waals surface area contributed by atoms with E-state index in [-0.39, 0.29) is 31.1 Å². The molecule has 0 rings (SSSR count). The molecule has 0 N–H and O–H groups in total. The third-order valence-corrected chi connectivity index (χ3v) is 12.6. The van der Waals surface area contributed by atoms with E-state index in [1.807, 2.05) is 0 Å². The van der Waals surface area contributed by atoms with Crippen molar-refractivity contribution < 1.29 is 28.6 Å². The molecule has 65 heavy (non-hydrogen) atoms. The van der Waals surface area contributed by atoms with Crippen molar-refractivity contribution in [3.8, 4) is 0 Å². The predicted octanol–water partition coefficient (Wildman–Crippen LogP) is 18.9. The molecule has 380 valence electrons. The molecular weight excluding hydrogens is 805 g/mol. The monoisotopic (exact) mass is 913 g/mol. The molecule has 0 fully saturated rings. The van der Waals surface area contributed by atoms with E-state index in [9.17, 15) is 14.4 Å². The zero-order valence-corrected chi connectivity index (χ0v) is 43.5. The van der Waals surface area contributed by atoms with E-state index in [0.717, 1.165) is 70.6 Å². The molecule has 0 amide bonds. The maximum atomic E-state index is 12.8. The van der Waals surface area contributed by atoms with Crippen LogP contribution in [0.2, 0.25) is 0 Å². The van der Waals surface area contributed by atoms with E-state index in [2.05, 4.69) is 57.2 Å². The van der Waals surface area contributed by atoms with E-state index < -0.39 is 6.10 Å². The Kier molecular flexibility index (Phi) is 52.3. The van der Waals surface area contributed by atoms with Crippen molar-refractivity contribution in [1.29, 1.82) is 0 Å². The van der Waals surface area contributed by atoms with Crippen molar-refractivity contribution in [3.05, 3.63) is 36.5 Å². The minimum absolute atomic E-state index is 0.0736. The third-order valence-electron chi connectivity index (χ3n) is 12.6. The van der Waals surface area contributed by atoms with Crippen LogP contribution in [0, 0.1) is 0 Å². The molecule has 0 aliphatic carbocycles. The predicted molar refractivity (Wildman–Crippen MR) is 279 cm³/mol. The van der Waals surface area contributed by atoms with Crippen molar-refractivity contribution in [2.75, 3.05) is 13.2 Å². The molecule has 0 unspecified atom stereocenters. The van der Waals surface area contributed by atoms with Gasteiger partial charge in [0.25, 0.3) is 0 Å². The number of hydrogen-bond acceptors (Lipinski definition) is 6. The fourth-order valence-electron chi connectivity index (χ4n) is 8.29. The average Bonchev–Trinajstić information content (AvgIpc) is 3.30. The zero-order valence-electron chi connectivity index (χ0n) is 43.5. The normalized spacial score (nSPS) is 12.2. The summed E-state index contributed by atoms with van der Waals surface area (Å²) >= 11 is 0. The van der Waals surface area contributed by atoms with Crippen LogP contribution in [0.3, 0.4) is 0 Å². The summed E-state index contributed by atoms with van der Waals surface area (Å²) in [6.07, 6.45) is 64.1. The van der Waals surface area contributed by atoms with Gasteiger partial charge in [-0.25, -0.2) is 0 Å². The van der Waals surface area contributed by atoms with Crippen molar-refractivity contribution in [3.63, 3.8) is 0 Å². The van der Waals surface area contributed by atoms with Gasteiger partial charge in [0.1, 0.15) is 13.2 Å². The quantitative estimate of drug-likeness (QED) is 0.0262. The number of unbranched alkanes of at least 4 members (excludes halogenated alkanes) is 35. The van der Waals surface area contributed by atoms with Crippen LogP contribution in [0.1, 0.15) is 303 Å². The summed E-state index contributed by atoms with van der Waals surface area (Å²) in [6.45, 7) is 6.62. The van der Waals surface area contributed by atoms with Crippen LogP contribution in [0.25, 0.3) is 0 Å². The summed E-state index contributed by atoms with van der Waals surface area (Å²) in [7, 11) is 0.